The Morgan fingerprint density at radius 2 is 1.96 bits per heavy atom. The Labute approximate surface area is 150 Å². The first kappa shape index (κ1) is 16.4. The van der Waals surface area contributed by atoms with Crippen LogP contribution in [-0.2, 0) is 0 Å². The summed E-state index contributed by atoms with van der Waals surface area (Å²) in [6.45, 7) is 0. The zero-order chi connectivity index (χ0) is 18.3. The number of hydrogen-bond acceptors (Lipinski definition) is 9. The van der Waals surface area contributed by atoms with E-state index in [9.17, 15) is 4.79 Å². The second-order valence-electron chi connectivity index (χ2n) is 5.25. The van der Waals surface area contributed by atoms with E-state index in [0.29, 0.717) is 16.0 Å². The normalized spacial score (nSPS) is 11.0. The molecule has 0 radical (unpaired) electrons. The fraction of sp³-hybridized carbons (Fsp3) is 0. The van der Waals surface area contributed by atoms with E-state index in [1.54, 1.807) is 24.3 Å². The molecule has 0 saturated carbocycles. The van der Waals surface area contributed by atoms with E-state index in [-0.39, 0.29) is 28.6 Å². The van der Waals surface area contributed by atoms with Crippen molar-refractivity contribution in [3.05, 3.63) is 52.1 Å². The second kappa shape index (κ2) is 6.34. The molecule has 0 bridgehead atoms. The van der Waals surface area contributed by atoms with Gasteiger partial charge in [-0.3, -0.25) is 4.98 Å². The van der Waals surface area contributed by atoms with Crippen LogP contribution in [0.4, 0.5) is 0 Å². The lowest BCUT2D eigenvalue weighted by Gasteiger charge is -1.99. The largest absolute Gasteiger partial charge is 0.509 e. The highest BCUT2D eigenvalue weighted by Crippen LogP contribution is 2.24. The third-order valence-corrected chi connectivity index (χ3v) is 3.75. The Morgan fingerprint density at radius 1 is 1.12 bits per heavy atom. The molecular formula is C15H8BClN4O5. The van der Waals surface area contributed by atoms with Crippen LogP contribution in [0.3, 0.4) is 0 Å². The summed E-state index contributed by atoms with van der Waals surface area (Å²) >= 11 is 5.95. The molecule has 26 heavy (non-hydrogen) atoms. The van der Waals surface area contributed by atoms with Gasteiger partial charge < -0.3 is 19.0 Å². The molecule has 4 rings (SSSR count). The maximum Gasteiger partial charge on any atom is 0.509 e. The van der Waals surface area contributed by atoms with Gasteiger partial charge in [0.2, 0.25) is 5.82 Å². The molecule has 1 aromatic carbocycles. The first-order valence-corrected chi connectivity index (χ1v) is 7.65. The van der Waals surface area contributed by atoms with E-state index in [4.69, 9.17) is 30.6 Å². The lowest BCUT2D eigenvalue weighted by atomic mass is 9.87. The molecule has 9 nitrogen and oxygen atoms in total. The minimum atomic E-state index is -1.73. The molecule has 0 unspecified atom stereocenters. The first-order valence-electron chi connectivity index (χ1n) is 7.27. The van der Waals surface area contributed by atoms with E-state index in [1.807, 2.05) is 0 Å². The fourth-order valence-corrected chi connectivity index (χ4v) is 2.45. The number of hydrogen-bond donors (Lipinski definition) is 2. The third-order valence-electron chi connectivity index (χ3n) is 3.52. The molecule has 0 aliphatic carbocycles. The molecule has 11 heteroatoms. The van der Waals surface area contributed by atoms with Gasteiger partial charge in [0, 0.05) is 16.6 Å². The maximum absolute atomic E-state index is 12.2. The second-order valence-corrected chi connectivity index (χ2v) is 5.69. The molecule has 4 aromatic rings. The van der Waals surface area contributed by atoms with E-state index < -0.39 is 12.7 Å². The van der Waals surface area contributed by atoms with Crippen LogP contribution < -0.4 is 11.2 Å². The number of fused-ring (bicyclic) bond motifs is 1. The standard InChI is InChI=1S/C15H8BClN4O5/c17-8-1-2-11-7(3-8)4-9(15(22)25-11)14-20-13(21-26-14)10-5-19-12(6-18-10)16(23)24/h1-6,23-24H. The monoisotopic (exact) mass is 370 g/mol. The molecule has 0 aliphatic heterocycles. The first-order chi connectivity index (χ1) is 12.5. The van der Waals surface area contributed by atoms with Gasteiger partial charge in [0.05, 0.1) is 11.8 Å². The van der Waals surface area contributed by atoms with Gasteiger partial charge in [0.25, 0.3) is 5.89 Å². The summed E-state index contributed by atoms with van der Waals surface area (Å²) in [5.74, 6) is 0.0285. The molecule has 128 valence electrons. The third kappa shape index (κ3) is 2.97. The van der Waals surface area contributed by atoms with Crippen molar-refractivity contribution >= 4 is 35.3 Å². The van der Waals surface area contributed by atoms with Crippen molar-refractivity contribution in [3.8, 4) is 23.0 Å². The summed E-state index contributed by atoms with van der Waals surface area (Å²) in [7, 11) is -1.73. The zero-order valence-electron chi connectivity index (χ0n) is 12.8. The van der Waals surface area contributed by atoms with Crippen molar-refractivity contribution in [3.63, 3.8) is 0 Å². The van der Waals surface area contributed by atoms with Crippen molar-refractivity contribution < 1.29 is 19.0 Å². The number of aromatic nitrogens is 4. The summed E-state index contributed by atoms with van der Waals surface area (Å²) in [6, 6.07) is 6.39. The van der Waals surface area contributed by atoms with E-state index in [1.165, 1.54) is 12.4 Å². The van der Waals surface area contributed by atoms with Gasteiger partial charge in [-0.25, -0.2) is 9.78 Å². The Bertz CT molecular complexity index is 1160. The van der Waals surface area contributed by atoms with Gasteiger partial charge in [-0.15, -0.1) is 0 Å². The Balaban J connectivity index is 1.75. The number of halogens is 1. The summed E-state index contributed by atoms with van der Waals surface area (Å²) in [5, 5.41) is 22.9. The average molecular weight is 371 g/mol. The number of rotatable bonds is 3. The molecule has 0 amide bonds. The average Bonchev–Trinajstić information content (AvgIpc) is 3.11. The van der Waals surface area contributed by atoms with E-state index in [0.717, 1.165) is 0 Å². The maximum atomic E-state index is 12.2. The van der Waals surface area contributed by atoms with E-state index in [2.05, 4.69) is 20.1 Å². The summed E-state index contributed by atoms with van der Waals surface area (Å²) in [5.41, 5.74) is 0.0304. The molecule has 0 spiro atoms. The van der Waals surface area contributed by atoms with Crippen LogP contribution in [0.25, 0.3) is 33.9 Å². The lowest BCUT2D eigenvalue weighted by molar-refractivity contribution is 0.424. The van der Waals surface area contributed by atoms with Crippen LogP contribution >= 0.6 is 11.6 Å². The van der Waals surface area contributed by atoms with Crippen LogP contribution in [0, 0.1) is 0 Å². The Hall–Kier alpha value is -3.08. The predicted molar refractivity (Wildman–Crippen MR) is 91.6 cm³/mol. The smallest absolute Gasteiger partial charge is 0.422 e. The summed E-state index contributed by atoms with van der Waals surface area (Å²) in [6.07, 6.45) is 2.43. The van der Waals surface area contributed by atoms with Crippen LogP contribution in [-0.4, -0.2) is 37.3 Å². The van der Waals surface area contributed by atoms with Gasteiger partial charge in [0.15, 0.2) is 0 Å². The summed E-state index contributed by atoms with van der Waals surface area (Å²) in [4.78, 5) is 24.1. The number of benzene rings is 1. The van der Waals surface area contributed by atoms with E-state index >= 15 is 0 Å². The van der Waals surface area contributed by atoms with Crippen LogP contribution in [0.15, 0.2) is 50.4 Å². The Kier molecular flexibility index (Phi) is 4.00. The van der Waals surface area contributed by atoms with Gasteiger partial charge in [-0.2, -0.15) is 4.98 Å². The predicted octanol–water partition coefficient (Wildman–Crippen LogP) is 0.633. The Morgan fingerprint density at radius 3 is 2.69 bits per heavy atom. The highest BCUT2D eigenvalue weighted by molar-refractivity contribution is 6.57. The summed E-state index contributed by atoms with van der Waals surface area (Å²) < 4.78 is 10.4. The van der Waals surface area contributed by atoms with Crippen LogP contribution in [0.2, 0.25) is 5.02 Å². The topological polar surface area (TPSA) is 135 Å². The molecule has 0 fully saturated rings. The molecule has 3 aromatic heterocycles. The van der Waals surface area contributed by atoms with Gasteiger partial charge in [0.1, 0.15) is 16.8 Å². The molecule has 3 heterocycles. The van der Waals surface area contributed by atoms with Crippen LogP contribution in [0.5, 0.6) is 0 Å². The SMILES string of the molecule is O=c1oc2ccc(Cl)cc2cc1-c1nc(-c2cnc(B(O)O)cn2)no1. The lowest BCUT2D eigenvalue weighted by Crippen LogP contribution is -2.32. The minimum Gasteiger partial charge on any atom is -0.422 e. The van der Waals surface area contributed by atoms with Gasteiger partial charge in [-0.05, 0) is 24.3 Å². The van der Waals surface area contributed by atoms with Crippen molar-refractivity contribution in [2.45, 2.75) is 0 Å². The van der Waals surface area contributed by atoms with Crippen molar-refractivity contribution in [2.75, 3.05) is 0 Å². The fourth-order valence-electron chi connectivity index (χ4n) is 2.27. The molecule has 0 aliphatic rings. The molecule has 0 saturated heterocycles. The molecular weight excluding hydrogens is 362 g/mol. The van der Waals surface area contributed by atoms with Crippen molar-refractivity contribution in [2.24, 2.45) is 0 Å². The van der Waals surface area contributed by atoms with Crippen molar-refractivity contribution in [1.82, 2.24) is 20.1 Å². The highest BCUT2D eigenvalue weighted by atomic mass is 35.5. The minimum absolute atomic E-state index is 0.0236. The van der Waals surface area contributed by atoms with Crippen LogP contribution in [0.1, 0.15) is 0 Å². The molecule has 0 atom stereocenters. The van der Waals surface area contributed by atoms with Gasteiger partial charge >= 0.3 is 12.7 Å². The zero-order valence-corrected chi connectivity index (χ0v) is 13.6. The number of nitrogens with zero attached hydrogens (tertiary/aromatic N) is 4. The van der Waals surface area contributed by atoms with Gasteiger partial charge in [-0.1, -0.05) is 16.8 Å². The molecule has 2 N–H and O–H groups in total. The van der Waals surface area contributed by atoms with Crippen molar-refractivity contribution in [1.29, 1.82) is 0 Å². The highest BCUT2D eigenvalue weighted by Gasteiger charge is 2.18. The quantitative estimate of drug-likeness (QED) is 0.393.